The van der Waals surface area contributed by atoms with Crippen LogP contribution in [0.3, 0.4) is 0 Å². The molecule has 0 bridgehead atoms. The summed E-state index contributed by atoms with van der Waals surface area (Å²) in [5.74, 6) is -1.44. The van der Waals surface area contributed by atoms with Gasteiger partial charge in [-0.25, -0.2) is 0 Å². The number of amides is 2. The highest BCUT2D eigenvalue weighted by atomic mass is 16.4. The zero-order chi connectivity index (χ0) is 16.4. The number of carboxylic acid groups (broad SMARTS) is 1. The minimum Gasteiger partial charge on any atom is -0.481 e. The van der Waals surface area contributed by atoms with E-state index in [0.29, 0.717) is 12.8 Å². The Hall–Kier alpha value is -2.44. The predicted octanol–water partition coefficient (Wildman–Crippen LogP) is 0.454. The lowest BCUT2D eigenvalue weighted by Gasteiger charge is -2.16. The van der Waals surface area contributed by atoms with Crippen LogP contribution < -0.4 is 5.32 Å². The van der Waals surface area contributed by atoms with Crippen molar-refractivity contribution < 1.29 is 19.5 Å². The van der Waals surface area contributed by atoms with Crippen molar-refractivity contribution in [2.24, 2.45) is 0 Å². The average molecular weight is 307 g/mol. The topological polar surface area (TPSA) is 99.6 Å². The zero-order valence-electron chi connectivity index (χ0n) is 12.6. The Kier molecular flexibility index (Phi) is 7.60. The van der Waals surface area contributed by atoms with Crippen molar-refractivity contribution in [1.82, 2.24) is 15.2 Å². The van der Waals surface area contributed by atoms with Crippen molar-refractivity contribution in [1.29, 1.82) is 0 Å². The zero-order valence-corrected chi connectivity index (χ0v) is 12.6. The van der Waals surface area contributed by atoms with Gasteiger partial charge in [0.2, 0.25) is 11.8 Å². The van der Waals surface area contributed by atoms with Crippen molar-refractivity contribution in [3.05, 3.63) is 30.1 Å². The number of aromatic nitrogens is 1. The first kappa shape index (κ1) is 17.6. The van der Waals surface area contributed by atoms with E-state index in [1.54, 1.807) is 19.4 Å². The lowest BCUT2D eigenvalue weighted by atomic mass is 10.1. The van der Waals surface area contributed by atoms with Gasteiger partial charge in [0.25, 0.3) is 0 Å². The van der Waals surface area contributed by atoms with Crippen molar-refractivity contribution in [2.75, 3.05) is 20.1 Å². The van der Waals surface area contributed by atoms with Gasteiger partial charge in [-0.3, -0.25) is 19.4 Å². The van der Waals surface area contributed by atoms with Gasteiger partial charge < -0.3 is 15.3 Å². The fraction of sp³-hybridized carbons (Fsp3) is 0.467. The minimum absolute atomic E-state index is 0.0618. The average Bonchev–Trinajstić information content (AvgIpc) is 2.47. The van der Waals surface area contributed by atoms with Crippen LogP contribution in [0.25, 0.3) is 0 Å². The SMILES string of the molecule is CN(CC(=O)NCCC(=O)O)C(=O)CCCc1ccncc1. The normalized spacial score (nSPS) is 10.0. The molecule has 7 nitrogen and oxygen atoms in total. The van der Waals surface area contributed by atoms with E-state index in [-0.39, 0.29) is 31.3 Å². The molecule has 2 N–H and O–H groups in total. The molecular formula is C15H21N3O4. The van der Waals surface area contributed by atoms with E-state index in [4.69, 9.17) is 5.11 Å². The molecule has 0 aliphatic carbocycles. The summed E-state index contributed by atoms with van der Waals surface area (Å²) in [4.78, 5) is 39.0. The molecule has 0 fully saturated rings. The van der Waals surface area contributed by atoms with Crippen LogP contribution in [0, 0.1) is 0 Å². The second-order valence-electron chi connectivity index (χ2n) is 4.95. The van der Waals surface area contributed by atoms with Crippen LogP contribution in [0.2, 0.25) is 0 Å². The Bertz CT molecular complexity index is 505. The van der Waals surface area contributed by atoms with Crippen molar-refractivity contribution in [3.8, 4) is 0 Å². The second kappa shape index (κ2) is 9.49. The first-order valence-corrected chi connectivity index (χ1v) is 7.10. The van der Waals surface area contributed by atoms with Crippen molar-refractivity contribution in [3.63, 3.8) is 0 Å². The van der Waals surface area contributed by atoms with E-state index in [0.717, 1.165) is 12.0 Å². The van der Waals surface area contributed by atoms with E-state index in [2.05, 4.69) is 10.3 Å². The summed E-state index contributed by atoms with van der Waals surface area (Å²) < 4.78 is 0. The van der Waals surface area contributed by atoms with Crippen LogP contribution in [-0.4, -0.2) is 52.9 Å². The Morgan fingerprint density at radius 2 is 1.91 bits per heavy atom. The molecule has 120 valence electrons. The second-order valence-corrected chi connectivity index (χ2v) is 4.95. The first-order chi connectivity index (χ1) is 10.5. The first-order valence-electron chi connectivity index (χ1n) is 7.10. The number of rotatable bonds is 9. The number of carbonyl (C=O) groups excluding carboxylic acids is 2. The van der Waals surface area contributed by atoms with Crippen LogP contribution in [0.1, 0.15) is 24.8 Å². The molecule has 0 aliphatic rings. The van der Waals surface area contributed by atoms with E-state index in [1.807, 2.05) is 12.1 Å². The summed E-state index contributed by atoms with van der Waals surface area (Å²) in [7, 11) is 1.56. The molecule has 1 aromatic heterocycles. The Labute approximate surface area is 129 Å². The number of hydrogen-bond acceptors (Lipinski definition) is 4. The Morgan fingerprint density at radius 1 is 1.23 bits per heavy atom. The van der Waals surface area contributed by atoms with Crippen LogP contribution in [0.4, 0.5) is 0 Å². The molecule has 1 aromatic rings. The Balaban J connectivity index is 2.21. The maximum absolute atomic E-state index is 11.9. The third-order valence-electron chi connectivity index (χ3n) is 3.07. The highest BCUT2D eigenvalue weighted by molar-refractivity contribution is 5.84. The van der Waals surface area contributed by atoms with Gasteiger partial charge in [0.1, 0.15) is 0 Å². The van der Waals surface area contributed by atoms with E-state index < -0.39 is 5.97 Å². The maximum atomic E-state index is 11.9. The van der Waals surface area contributed by atoms with Gasteiger partial charge in [0.15, 0.2) is 0 Å². The third kappa shape index (κ3) is 7.37. The summed E-state index contributed by atoms with van der Waals surface area (Å²) in [5.41, 5.74) is 1.12. The van der Waals surface area contributed by atoms with Gasteiger partial charge in [-0.15, -0.1) is 0 Å². The lowest BCUT2D eigenvalue weighted by Crippen LogP contribution is -2.38. The van der Waals surface area contributed by atoms with E-state index >= 15 is 0 Å². The van der Waals surface area contributed by atoms with Gasteiger partial charge in [0.05, 0.1) is 13.0 Å². The molecule has 0 saturated carbocycles. The molecular weight excluding hydrogens is 286 g/mol. The smallest absolute Gasteiger partial charge is 0.305 e. The molecule has 22 heavy (non-hydrogen) atoms. The maximum Gasteiger partial charge on any atom is 0.305 e. The van der Waals surface area contributed by atoms with Crippen LogP contribution in [-0.2, 0) is 20.8 Å². The molecule has 0 unspecified atom stereocenters. The van der Waals surface area contributed by atoms with Crippen LogP contribution in [0.15, 0.2) is 24.5 Å². The number of aliphatic carboxylic acids is 1. The molecule has 2 amide bonds. The molecule has 0 spiro atoms. The summed E-state index contributed by atoms with van der Waals surface area (Å²) >= 11 is 0. The lowest BCUT2D eigenvalue weighted by molar-refractivity contribution is -0.137. The number of likely N-dealkylation sites (N-methyl/N-ethyl adjacent to an activating group) is 1. The standard InChI is InChI=1S/C15H21N3O4/c1-18(11-13(19)17-10-7-15(21)22)14(20)4-2-3-12-5-8-16-9-6-12/h5-6,8-9H,2-4,7,10-11H2,1H3,(H,17,19)(H,21,22). The number of aryl methyl sites for hydroxylation is 1. The van der Waals surface area contributed by atoms with Gasteiger partial charge in [-0.2, -0.15) is 0 Å². The van der Waals surface area contributed by atoms with Crippen molar-refractivity contribution >= 4 is 17.8 Å². The van der Waals surface area contributed by atoms with E-state index in [1.165, 1.54) is 4.90 Å². The highest BCUT2D eigenvalue weighted by Gasteiger charge is 2.12. The largest absolute Gasteiger partial charge is 0.481 e. The fourth-order valence-corrected chi connectivity index (χ4v) is 1.85. The molecule has 0 aromatic carbocycles. The third-order valence-corrected chi connectivity index (χ3v) is 3.07. The number of carbonyl (C=O) groups is 3. The quantitative estimate of drug-likeness (QED) is 0.690. The number of nitrogens with one attached hydrogen (secondary N) is 1. The van der Waals surface area contributed by atoms with E-state index in [9.17, 15) is 14.4 Å². The fourth-order valence-electron chi connectivity index (χ4n) is 1.85. The summed E-state index contributed by atoms with van der Waals surface area (Å²) in [6.07, 6.45) is 5.15. The van der Waals surface area contributed by atoms with Crippen LogP contribution in [0.5, 0.6) is 0 Å². The summed E-state index contributed by atoms with van der Waals surface area (Å²) in [6, 6.07) is 3.81. The molecule has 0 atom stereocenters. The molecule has 0 radical (unpaired) electrons. The number of pyridine rings is 1. The van der Waals surface area contributed by atoms with Crippen molar-refractivity contribution in [2.45, 2.75) is 25.7 Å². The molecule has 0 saturated heterocycles. The monoisotopic (exact) mass is 307 g/mol. The summed E-state index contributed by atoms with van der Waals surface area (Å²) in [6.45, 7) is 0.00590. The highest BCUT2D eigenvalue weighted by Crippen LogP contribution is 2.04. The number of carboxylic acids is 1. The van der Waals surface area contributed by atoms with Gasteiger partial charge >= 0.3 is 5.97 Å². The number of hydrogen-bond donors (Lipinski definition) is 2. The molecule has 0 aliphatic heterocycles. The Morgan fingerprint density at radius 3 is 2.55 bits per heavy atom. The van der Waals surface area contributed by atoms with Gasteiger partial charge in [-0.1, -0.05) is 0 Å². The molecule has 1 heterocycles. The van der Waals surface area contributed by atoms with Crippen LogP contribution >= 0.6 is 0 Å². The summed E-state index contributed by atoms with van der Waals surface area (Å²) in [5, 5.41) is 10.9. The minimum atomic E-state index is -0.971. The van der Waals surface area contributed by atoms with Gasteiger partial charge in [0, 0.05) is 32.4 Å². The molecule has 7 heteroatoms. The number of nitrogens with zero attached hydrogens (tertiary/aromatic N) is 2. The van der Waals surface area contributed by atoms with Gasteiger partial charge in [-0.05, 0) is 30.5 Å². The molecule has 1 rings (SSSR count). The predicted molar refractivity (Wildman–Crippen MR) is 80.1 cm³/mol.